The van der Waals surface area contributed by atoms with Crippen LogP contribution in [-0.2, 0) is 15.9 Å². The maximum Gasteiger partial charge on any atom is 0.226 e. The monoisotopic (exact) mass is 502 g/mol. The van der Waals surface area contributed by atoms with Gasteiger partial charge in [0.1, 0.15) is 6.26 Å². The molecule has 0 saturated heterocycles. The standard InChI is InChI=1S/C20H30N4O3.HI/c1-16-5-7-17(8-6-16)19-24-18(15-27-19)9-11-23-20(21-2)22-10-4-12-26-14-13-25-3;/h5-8,15H,4,9-14H2,1-3H3,(H2,21,22,23);1H. The highest BCUT2D eigenvalue weighted by Crippen LogP contribution is 2.19. The van der Waals surface area contributed by atoms with E-state index in [9.17, 15) is 0 Å². The number of aromatic nitrogens is 1. The number of methoxy groups -OCH3 is 1. The minimum atomic E-state index is 0. The molecule has 2 N–H and O–H groups in total. The van der Waals surface area contributed by atoms with Gasteiger partial charge in [-0.15, -0.1) is 24.0 Å². The Hall–Kier alpha value is -1.65. The van der Waals surface area contributed by atoms with Crippen LogP contribution >= 0.6 is 24.0 Å². The summed E-state index contributed by atoms with van der Waals surface area (Å²) in [6, 6.07) is 8.15. The fourth-order valence-corrected chi connectivity index (χ4v) is 2.41. The number of nitrogens with one attached hydrogen (secondary N) is 2. The number of halogens is 1. The first-order valence-electron chi connectivity index (χ1n) is 9.25. The second-order valence-corrected chi connectivity index (χ2v) is 6.14. The molecule has 1 aromatic carbocycles. The van der Waals surface area contributed by atoms with Crippen molar-refractivity contribution in [1.82, 2.24) is 15.6 Å². The molecular formula is C20H31IN4O3. The van der Waals surface area contributed by atoms with Gasteiger partial charge in [-0.05, 0) is 25.5 Å². The molecule has 0 aliphatic carbocycles. The van der Waals surface area contributed by atoms with Crippen molar-refractivity contribution in [2.24, 2.45) is 4.99 Å². The van der Waals surface area contributed by atoms with Crippen LogP contribution < -0.4 is 10.6 Å². The van der Waals surface area contributed by atoms with Crippen LogP contribution in [0.1, 0.15) is 17.7 Å². The summed E-state index contributed by atoms with van der Waals surface area (Å²) in [6.07, 6.45) is 3.38. The minimum Gasteiger partial charge on any atom is -0.444 e. The molecule has 1 heterocycles. The molecule has 0 saturated carbocycles. The molecule has 2 aromatic rings. The van der Waals surface area contributed by atoms with Gasteiger partial charge in [0.05, 0.1) is 18.9 Å². The summed E-state index contributed by atoms with van der Waals surface area (Å²) < 4.78 is 16.0. The van der Waals surface area contributed by atoms with Gasteiger partial charge in [-0.3, -0.25) is 4.99 Å². The van der Waals surface area contributed by atoms with Crippen molar-refractivity contribution in [3.05, 3.63) is 41.8 Å². The Morgan fingerprint density at radius 1 is 1.11 bits per heavy atom. The molecule has 0 amide bonds. The van der Waals surface area contributed by atoms with Crippen molar-refractivity contribution in [1.29, 1.82) is 0 Å². The number of aryl methyl sites for hydroxylation is 1. The Morgan fingerprint density at radius 2 is 1.86 bits per heavy atom. The maximum absolute atomic E-state index is 5.59. The Morgan fingerprint density at radius 3 is 2.57 bits per heavy atom. The Bertz CT molecular complexity index is 689. The van der Waals surface area contributed by atoms with Gasteiger partial charge < -0.3 is 24.5 Å². The number of rotatable bonds is 11. The second-order valence-electron chi connectivity index (χ2n) is 6.14. The number of hydrogen-bond acceptors (Lipinski definition) is 5. The number of oxazole rings is 1. The third-order valence-electron chi connectivity index (χ3n) is 3.94. The van der Waals surface area contributed by atoms with Gasteiger partial charge in [0.2, 0.25) is 5.89 Å². The lowest BCUT2D eigenvalue weighted by Gasteiger charge is -2.11. The first-order valence-corrected chi connectivity index (χ1v) is 9.25. The zero-order valence-corrected chi connectivity index (χ0v) is 19.2. The van der Waals surface area contributed by atoms with Crippen molar-refractivity contribution in [2.75, 3.05) is 47.1 Å². The molecule has 0 spiro atoms. The van der Waals surface area contributed by atoms with Crippen LogP contribution in [0, 0.1) is 6.92 Å². The molecule has 0 unspecified atom stereocenters. The van der Waals surface area contributed by atoms with Crippen LogP contribution in [0.3, 0.4) is 0 Å². The van der Waals surface area contributed by atoms with Gasteiger partial charge in [0, 0.05) is 45.8 Å². The summed E-state index contributed by atoms with van der Waals surface area (Å²) in [7, 11) is 3.43. The number of guanidine groups is 1. The second kappa shape index (κ2) is 14.4. The summed E-state index contributed by atoms with van der Waals surface area (Å²) in [5, 5.41) is 6.55. The highest BCUT2D eigenvalue weighted by Gasteiger charge is 2.06. The maximum atomic E-state index is 5.59. The highest BCUT2D eigenvalue weighted by atomic mass is 127. The van der Waals surface area contributed by atoms with Crippen LogP contribution in [0.4, 0.5) is 0 Å². The molecule has 156 valence electrons. The van der Waals surface area contributed by atoms with Gasteiger partial charge in [-0.2, -0.15) is 0 Å². The summed E-state index contributed by atoms with van der Waals surface area (Å²) in [4.78, 5) is 8.77. The summed E-state index contributed by atoms with van der Waals surface area (Å²) in [5.74, 6) is 1.43. The third kappa shape index (κ3) is 9.03. The Balaban J connectivity index is 0.00000392. The van der Waals surface area contributed by atoms with Crippen LogP contribution in [0.25, 0.3) is 11.5 Å². The van der Waals surface area contributed by atoms with Gasteiger partial charge in [0.25, 0.3) is 0 Å². The summed E-state index contributed by atoms with van der Waals surface area (Å²) in [6.45, 7) is 5.55. The lowest BCUT2D eigenvalue weighted by Crippen LogP contribution is -2.39. The normalized spacial score (nSPS) is 11.2. The highest BCUT2D eigenvalue weighted by molar-refractivity contribution is 14.0. The largest absolute Gasteiger partial charge is 0.444 e. The van der Waals surface area contributed by atoms with Gasteiger partial charge in [0.15, 0.2) is 5.96 Å². The molecule has 0 bridgehead atoms. The quantitative estimate of drug-likeness (QED) is 0.213. The average molecular weight is 502 g/mol. The van der Waals surface area contributed by atoms with E-state index in [2.05, 4.69) is 39.7 Å². The predicted octanol–water partition coefficient (Wildman–Crippen LogP) is 3.03. The Labute approximate surface area is 184 Å². The number of benzene rings is 1. The molecule has 0 atom stereocenters. The fraction of sp³-hybridized carbons (Fsp3) is 0.500. The smallest absolute Gasteiger partial charge is 0.226 e. The summed E-state index contributed by atoms with van der Waals surface area (Å²) >= 11 is 0. The third-order valence-corrected chi connectivity index (χ3v) is 3.94. The SMILES string of the molecule is CN=C(NCCCOCCOC)NCCc1coc(-c2ccc(C)cc2)n1.I. The van der Waals surface area contributed by atoms with Gasteiger partial charge in [-0.1, -0.05) is 17.7 Å². The zero-order chi connectivity index (χ0) is 19.3. The zero-order valence-electron chi connectivity index (χ0n) is 16.9. The van der Waals surface area contributed by atoms with E-state index in [4.69, 9.17) is 13.9 Å². The van der Waals surface area contributed by atoms with E-state index in [1.807, 2.05) is 12.1 Å². The molecule has 0 aliphatic heterocycles. The van der Waals surface area contributed by atoms with E-state index in [0.29, 0.717) is 25.7 Å². The lowest BCUT2D eigenvalue weighted by atomic mass is 10.1. The van der Waals surface area contributed by atoms with E-state index in [-0.39, 0.29) is 24.0 Å². The van der Waals surface area contributed by atoms with Gasteiger partial charge >= 0.3 is 0 Å². The summed E-state index contributed by atoms with van der Waals surface area (Å²) in [5.41, 5.74) is 3.13. The van der Waals surface area contributed by atoms with Crippen LogP contribution in [0.2, 0.25) is 0 Å². The van der Waals surface area contributed by atoms with Crippen LogP contribution in [-0.4, -0.2) is 58.0 Å². The van der Waals surface area contributed by atoms with E-state index in [1.54, 1.807) is 20.4 Å². The molecule has 0 aliphatic rings. The van der Waals surface area contributed by atoms with E-state index < -0.39 is 0 Å². The average Bonchev–Trinajstić information content (AvgIpc) is 3.15. The molecule has 8 heteroatoms. The first-order chi connectivity index (χ1) is 13.2. The van der Waals surface area contributed by atoms with Crippen LogP contribution in [0.15, 0.2) is 39.9 Å². The molecule has 0 fully saturated rings. The molecular weight excluding hydrogens is 471 g/mol. The van der Waals surface area contributed by atoms with Crippen molar-refractivity contribution < 1.29 is 13.9 Å². The number of ether oxygens (including phenoxy) is 2. The van der Waals surface area contributed by atoms with Crippen molar-refractivity contribution in [2.45, 2.75) is 19.8 Å². The molecule has 1 aromatic heterocycles. The predicted molar refractivity (Wildman–Crippen MR) is 122 cm³/mol. The minimum absolute atomic E-state index is 0. The molecule has 2 rings (SSSR count). The van der Waals surface area contributed by atoms with Crippen molar-refractivity contribution in [3.63, 3.8) is 0 Å². The van der Waals surface area contributed by atoms with Gasteiger partial charge in [-0.25, -0.2) is 4.98 Å². The van der Waals surface area contributed by atoms with Crippen molar-refractivity contribution >= 4 is 29.9 Å². The van der Waals surface area contributed by atoms with E-state index in [1.165, 1.54) is 5.56 Å². The lowest BCUT2D eigenvalue weighted by molar-refractivity contribution is 0.0698. The molecule has 7 nitrogen and oxygen atoms in total. The topological polar surface area (TPSA) is 80.9 Å². The fourth-order valence-electron chi connectivity index (χ4n) is 2.41. The van der Waals surface area contributed by atoms with E-state index in [0.717, 1.165) is 43.1 Å². The Kier molecular flexibility index (Phi) is 12.5. The first kappa shape index (κ1) is 24.4. The molecule has 28 heavy (non-hydrogen) atoms. The van der Waals surface area contributed by atoms with Crippen LogP contribution in [0.5, 0.6) is 0 Å². The van der Waals surface area contributed by atoms with Crippen molar-refractivity contribution in [3.8, 4) is 11.5 Å². The number of nitrogens with zero attached hydrogens (tertiary/aromatic N) is 2. The van der Waals surface area contributed by atoms with E-state index >= 15 is 0 Å². The number of hydrogen-bond donors (Lipinski definition) is 2. The molecule has 0 radical (unpaired) electrons. The number of aliphatic imine (C=N–C) groups is 1.